The summed E-state index contributed by atoms with van der Waals surface area (Å²) in [7, 11) is 1.74. The third-order valence-electron chi connectivity index (χ3n) is 5.90. The van der Waals surface area contributed by atoms with E-state index in [4.69, 9.17) is 10.7 Å². The van der Waals surface area contributed by atoms with Gasteiger partial charge in [0, 0.05) is 24.8 Å². The Morgan fingerprint density at radius 2 is 1.94 bits per heavy atom. The van der Waals surface area contributed by atoms with Crippen LogP contribution in [0.4, 0.5) is 13.2 Å². The molecule has 1 atom stereocenters. The number of benzene rings is 1. The lowest BCUT2D eigenvalue weighted by molar-refractivity contribution is -0.137. The highest BCUT2D eigenvalue weighted by molar-refractivity contribution is 6.06. The van der Waals surface area contributed by atoms with Crippen molar-refractivity contribution in [2.75, 3.05) is 13.6 Å². The van der Waals surface area contributed by atoms with E-state index in [1.165, 1.54) is 0 Å². The van der Waals surface area contributed by atoms with E-state index < -0.39 is 23.2 Å². The highest BCUT2D eigenvalue weighted by atomic mass is 19.4. The van der Waals surface area contributed by atoms with Crippen LogP contribution >= 0.6 is 0 Å². The minimum absolute atomic E-state index is 0.0121. The van der Waals surface area contributed by atoms with Crippen molar-refractivity contribution in [1.82, 2.24) is 9.88 Å². The fourth-order valence-corrected chi connectivity index (χ4v) is 4.28. The zero-order chi connectivity index (χ0) is 22.6. The van der Waals surface area contributed by atoms with Crippen LogP contribution in [-0.4, -0.2) is 46.5 Å². The van der Waals surface area contributed by atoms with E-state index in [2.05, 4.69) is 4.98 Å². The Labute approximate surface area is 177 Å². The van der Waals surface area contributed by atoms with Gasteiger partial charge in [-0.15, -0.1) is 0 Å². The third kappa shape index (κ3) is 3.68. The van der Waals surface area contributed by atoms with Gasteiger partial charge in [-0.3, -0.25) is 19.6 Å². The van der Waals surface area contributed by atoms with E-state index in [-0.39, 0.29) is 17.0 Å². The van der Waals surface area contributed by atoms with Gasteiger partial charge in [0.15, 0.2) is 0 Å². The third-order valence-corrected chi connectivity index (χ3v) is 5.90. The first-order chi connectivity index (χ1) is 14.5. The summed E-state index contributed by atoms with van der Waals surface area (Å²) in [6, 6.07) is 6.06. The minimum atomic E-state index is -4.56. The van der Waals surface area contributed by atoms with Gasteiger partial charge in [-0.2, -0.15) is 13.2 Å². The Morgan fingerprint density at radius 3 is 2.55 bits per heavy atom. The first-order valence-electron chi connectivity index (χ1n) is 9.85. The maximum absolute atomic E-state index is 13.3. The zero-order valence-corrected chi connectivity index (χ0v) is 17.1. The van der Waals surface area contributed by atoms with Crippen molar-refractivity contribution in [1.29, 1.82) is 0 Å². The molecule has 9 heteroatoms. The monoisotopic (exact) mass is 430 g/mol. The Balaban J connectivity index is 1.81. The number of hydrogen-bond donors (Lipinski definition) is 1. The van der Waals surface area contributed by atoms with Crippen molar-refractivity contribution in [2.45, 2.75) is 37.9 Å². The minimum Gasteiger partial charge on any atom is -0.366 e. The number of pyridine rings is 1. The molecule has 2 aliphatic rings. The van der Waals surface area contributed by atoms with Crippen LogP contribution in [0, 0.1) is 6.92 Å². The molecule has 2 aliphatic heterocycles. The number of halogens is 3. The van der Waals surface area contributed by atoms with Crippen molar-refractivity contribution in [3.63, 3.8) is 0 Å². The van der Waals surface area contributed by atoms with Crippen LogP contribution in [0.1, 0.15) is 46.6 Å². The number of primary amides is 1. The number of rotatable bonds is 3. The summed E-state index contributed by atoms with van der Waals surface area (Å²) >= 11 is 0. The standard InChI is InChI=1S/C22H21F3N4O2/c1-12-9-13(16-11-14(22(23,24)25)3-4-15(16)19(26)30)10-18(27-12)17-5-6-21(28-17)7-8-29(2)20(21)31/h3-4,9-11H,5-8H2,1-2H3,(H2,26,30). The van der Waals surface area contributed by atoms with E-state index in [1.54, 1.807) is 31.0 Å². The van der Waals surface area contributed by atoms with Crippen LogP contribution in [0.25, 0.3) is 11.1 Å². The van der Waals surface area contributed by atoms with Crippen LogP contribution in [0.5, 0.6) is 0 Å². The Hall–Kier alpha value is -3.23. The summed E-state index contributed by atoms with van der Waals surface area (Å²) in [5, 5.41) is 0. The van der Waals surface area contributed by atoms with E-state index in [9.17, 15) is 22.8 Å². The molecular weight excluding hydrogens is 409 g/mol. The predicted molar refractivity (Wildman–Crippen MR) is 109 cm³/mol. The molecule has 1 fully saturated rings. The summed E-state index contributed by atoms with van der Waals surface area (Å²) < 4.78 is 39.8. The second-order valence-electron chi connectivity index (χ2n) is 8.07. The topological polar surface area (TPSA) is 88.7 Å². The number of amides is 2. The number of alkyl halides is 3. The van der Waals surface area contributed by atoms with Crippen molar-refractivity contribution < 1.29 is 22.8 Å². The molecule has 3 heterocycles. The van der Waals surface area contributed by atoms with Crippen molar-refractivity contribution >= 4 is 17.5 Å². The summed E-state index contributed by atoms with van der Waals surface area (Å²) in [4.78, 5) is 35.3. The summed E-state index contributed by atoms with van der Waals surface area (Å²) in [6.07, 6.45) is -2.82. The van der Waals surface area contributed by atoms with E-state index in [1.807, 2.05) is 0 Å². The predicted octanol–water partition coefficient (Wildman–Crippen LogP) is 3.36. The normalized spacial score (nSPS) is 21.1. The van der Waals surface area contributed by atoms with Crippen molar-refractivity contribution in [2.24, 2.45) is 10.7 Å². The maximum atomic E-state index is 13.3. The Morgan fingerprint density at radius 1 is 1.19 bits per heavy atom. The number of nitrogens with two attached hydrogens (primary N) is 1. The fraction of sp³-hybridized carbons (Fsp3) is 0.364. The SMILES string of the molecule is Cc1cc(-c2cc(C(F)(F)F)ccc2C(N)=O)cc(C2=NC3(CC2)CCN(C)C3=O)n1. The number of aromatic nitrogens is 1. The maximum Gasteiger partial charge on any atom is 0.416 e. The molecule has 162 valence electrons. The fourth-order valence-electron chi connectivity index (χ4n) is 4.28. The highest BCUT2D eigenvalue weighted by Gasteiger charge is 2.48. The second kappa shape index (κ2) is 7.18. The quantitative estimate of drug-likeness (QED) is 0.810. The van der Waals surface area contributed by atoms with E-state index in [0.29, 0.717) is 48.5 Å². The van der Waals surface area contributed by atoms with Gasteiger partial charge in [-0.1, -0.05) is 0 Å². The number of likely N-dealkylation sites (N-methyl/N-ethyl adjacent to an activating group) is 1. The van der Waals surface area contributed by atoms with Crippen LogP contribution in [-0.2, 0) is 11.0 Å². The van der Waals surface area contributed by atoms with Gasteiger partial charge < -0.3 is 10.6 Å². The molecule has 4 rings (SSSR count). The largest absolute Gasteiger partial charge is 0.416 e. The molecule has 1 saturated heterocycles. The molecule has 6 nitrogen and oxygen atoms in total. The van der Waals surface area contributed by atoms with Gasteiger partial charge in [0.1, 0.15) is 5.54 Å². The van der Waals surface area contributed by atoms with Crippen LogP contribution in [0.2, 0.25) is 0 Å². The molecule has 0 bridgehead atoms. The molecule has 1 aromatic carbocycles. The number of hydrogen-bond acceptors (Lipinski definition) is 4. The van der Waals surface area contributed by atoms with Gasteiger partial charge >= 0.3 is 6.18 Å². The lowest BCUT2D eigenvalue weighted by atomic mass is 9.94. The smallest absolute Gasteiger partial charge is 0.366 e. The second-order valence-corrected chi connectivity index (χ2v) is 8.07. The highest BCUT2D eigenvalue weighted by Crippen LogP contribution is 2.38. The average Bonchev–Trinajstić information content (AvgIpc) is 3.26. The lowest BCUT2D eigenvalue weighted by Gasteiger charge is -2.17. The lowest BCUT2D eigenvalue weighted by Crippen LogP contribution is -2.35. The molecule has 2 N–H and O–H groups in total. The molecule has 1 unspecified atom stereocenters. The molecule has 0 aliphatic carbocycles. The number of carbonyl (C=O) groups is 2. The number of nitrogens with zero attached hydrogens (tertiary/aromatic N) is 3. The molecule has 31 heavy (non-hydrogen) atoms. The van der Waals surface area contributed by atoms with Gasteiger partial charge in [0.25, 0.3) is 0 Å². The molecule has 2 amide bonds. The zero-order valence-electron chi connectivity index (χ0n) is 17.1. The van der Waals surface area contributed by atoms with Gasteiger partial charge in [-0.05, 0) is 67.6 Å². The Kier molecular flexibility index (Phi) is 4.87. The molecule has 1 spiro atoms. The molecule has 2 aromatic rings. The first kappa shape index (κ1) is 21.0. The molecule has 0 radical (unpaired) electrons. The van der Waals surface area contributed by atoms with Crippen LogP contribution < -0.4 is 5.73 Å². The summed E-state index contributed by atoms with van der Waals surface area (Å²) in [5.41, 5.74) is 5.91. The molecular formula is C22H21F3N4O2. The van der Waals surface area contributed by atoms with Gasteiger partial charge in [-0.25, -0.2) is 0 Å². The Bertz CT molecular complexity index is 1130. The number of likely N-dealkylation sites (tertiary alicyclic amines) is 1. The van der Waals surface area contributed by atoms with Gasteiger partial charge in [0.05, 0.1) is 17.0 Å². The van der Waals surface area contributed by atoms with E-state index in [0.717, 1.165) is 18.2 Å². The first-order valence-corrected chi connectivity index (χ1v) is 9.85. The van der Waals surface area contributed by atoms with Crippen LogP contribution in [0.15, 0.2) is 35.3 Å². The van der Waals surface area contributed by atoms with E-state index >= 15 is 0 Å². The number of carbonyl (C=O) groups excluding carboxylic acids is 2. The molecule has 0 saturated carbocycles. The van der Waals surface area contributed by atoms with Gasteiger partial charge in [0.2, 0.25) is 11.8 Å². The van der Waals surface area contributed by atoms with Crippen molar-refractivity contribution in [3.05, 3.63) is 52.8 Å². The summed E-state index contributed by atoms with van der Waals surface area (Å²) in [6.45, 7) is 2.35. The number of aliphatic imine (C=N–C) groups is 1. The molecule has 1 aromatic heterocycles. The van der Waals surface area contributed by atoms with Crippen molar-refractivity contribution in [3.8, 4) is 11.1 Å². The number of aryl methyl sites for hydroxylation is 1. The van der Waals surface area contributed by atoms with Crippen LogP contribution in [0.3, 0.4) is 0 Å². The average molecular weight is 430 g/mol. The summed E-state index contributed by atoms with van der Waals surface area (Å²) in [5.74, 6) is -0.847.